The van der Waals surface area contributed by atoms with Gasteiger partial charge in [0.15, 0.2) is 5.96 Å². The molecule has 0 aromatic carbocycles. The third-order valence-corrected chi connectivity index (χ3v) is 4.69. The first kappa shape index (κ1) is 14.4. The van der Waals surface area contributed by atoms with Crippen LogP contribution in [0.15, 0.2) is 34.6 Å². The number of aliphatic imine (C=N–C) groups is 1. The van der Waals surface area contributed by atoms with E-state index in [4.69, 9.17) is 11.6 Å². The highest BCUT2D eigenvalue weighted by atomic mass is 35.5. The van der Waals surface area contributed by atoms with Crippen LogP contribution in [-0.4, -0.2) is 19.6 Å². The zero-order valence-electron chi connectivity index (χ0n) is 10.6. The molecular formula is C13H16ClN3S2. The van der Waals surface area contributed by atoms with Crippen LogP contribution in [-0.2, 0) is 13.0 Å². The number of halogens is 1. The van der Waals surface area contributed by atoms with Crippen molar-refractivity contribution in [2.75, 3.05) is 13.6 Å². The summed E-state index contributed by atoms with van der Waals surface area (Å²) >= 11 is 9.26. The van der Waals surface area contributed by atoms with Crippen LogP contribution in [0.4, 0.5) is 0 Å². The molecule has 2 aromatic rings. The fourth-order valence-electron chi connectivity index (χ4n) is 1.59. The Hall–Kier alpha value is -1.04. The van der Waals surface area contributed by atoms with E-state index >= 15 is 0 Å². The van der Waals surface area contributed by atoms with Crippen molar-refractivity contribution in [2.45, 2.75) is 13.0 Å². The van der Waals surface area contributed by atoms with E-state index < -0.39 is 0 Å². The van der Waals surface area contributed by atoms with Gasteiger partial charge in [-0.15, -0.1) is 22.7 Å². The first-order valence-corrected chi connectivity index (χ1v) is 8.06. The predicted octanol–water partition coefficient (Wildman–Crippen LogP) is 3.37. The highest BCUT2D eigenvalue weighted by Crippen LogP contribution is 2.21. The Morgan fingerprint density at radius 2 is 2.16 bits per heavy atom. The second kappa shape index (κ2) is 7.53. The monoisotopic (exact) mass is 313 g/mol. The molecule has 102 valence electrons. The van der Waals surface area contributed by atoms with Gasteiger partial charge in [0.1, 0.15) is 0 Å². The quantitative estimate of drug-likeness (QED) is 0.656. The Labute approximate surface area is 126 Å². The van der Waals surface area contributed by atoms with Gasteiger partial charge in [-0.1, -0.05) is 17.7 Å². The average molecular weight is 314 g/mol. The van der Waals surface area contributed by atoms with E-state index in [1.165, 1.54) is 9.75 Å². The summed E-state index contributed by atoms with van der Waals surface area (Å²) in [6, 6.07) is 8.17. The van der Waals surface area contributed by atoms with Gasteiger partial charge >= 0.3 is 0 Å². The van der Waals surface area contributed by atoms with E-state index in [2.05, 4.69) is 39.2 Å². The summed E-state index contributed by atoms with van der Waals surface area (Å²) in [5.41, 5.74) is 0. The largest absolute Gasteiger partial charge is 0.356 e. The lowest BCUT2D eigenvalue weighted by Gasteiger charge is -2.10. The van der Waals surface area contributed by atoms with Crippen LogP contribution >= 0.6 is 34.3 Å². The summed E-state index contributed by atoms with van der Waals surface area (Å²) in [5.74, 6) is 0.830. The van der Waals surface area contributed by atoms with Crippen LogP contribution in [0.25, 0.3) is 0 Å². The molecule has 2 N–H and O–H groups in total. The average Bonchev–Trinajstić information content (AvgIpc) is 3.05. The minimum atomic E-state index is 0.808. The molecule has 0 spiro atoms. The number of hydrogen-bond donors (Lipinski definition) is 2. The predicted molar refractivity (Wildman–Crippen MR) is 85.6 cm³/mol. The first-order chi connectivity index (χ1) is 9.28. The van der Waals surface area contributed by atoms with Crippen molar-refractivity contribution < 1.29 is 0 Å². The molecule has 2 aromatic heterocycles. The Morgan fingerprint density at radius 3 is 2.79 bits per heavy atom. The maximum atomic E-state index is 5.90. The van der Waals surface area contributed by atoms with E-state index in [0.717, 1.165) is 29.8 Å². The fraction of sp³-hybridized carbons (Fsp3) is 0.308. The third-order valence-electron chi connectivity index (χ3n) is 2.53. The molecule has 6 heteroatoms. The zero-order valence-corrected chi connectivity index (χ0v) is 13.0. The lowest BCUT2D eigenvalue weighted by atomic mass is 10.3. The van der Waals surface area contributed by atoms with Crippen LogP contribution in [0.3, 0.4) is 0 Å². The summed E-state index contributed by atoms with van der Waals surface area (Å²) in [6.45, 7) is 1.66. The number of rotatable bonds is 5. The molecule has 0 aliphatic rings. The highest BCUT2D eigenvalue weighted by Gasteiger charge is 2.01. The molecule has 0 unspecified atom stereocenters. The van der Waals surface area contributed by atoms with Crippen molar-refractivity contribution in [3.8, 4) is 0 Å². The van der Waals surface area contributed by atoms with Gasteiger partial charge in [0.2, 0.25) is 0 Å². The summed E-state index contributed by atoms with van der Waals surface area (Å²) in [5, 5.41) is 8.66. The summed E-state index contributed by atoms with van der Waals surface area (Å²) in [7, 11) is 1.78. The summed E-state index contributed by atoms with van der Waals surface area (Å²) in [4.78, 5) is 6.78. The van der Waals surface area contributed by atoms with Gasteiger partial charge in [0.05, 0.1) is 10.9 Å². The minimum absolute atomic E-state index is 0.808. The second-order valence-corrected chi connectivity index (χ2v) is 6.72. The van der Waals surface area contributed by atoms with Gasteiger partial charge in [-0.3, -0.25) is 4.99 Å². The van der Waals surface area contributed by atoms with Crippen molar-refractivity contribution >= 4 is 40.2 Å². The van der Waals surface area contributed by atoms with Crippen LogP contribution in [0.1, 0.15) is 9.75 Å². The van der Waals surface area contributed by atoms with E-state index in [1.807, 2.05) is 6.07 Å². The van der Waals surface area contributed by atoms with Crippen LogP contribution in [0.2, 0.25) is 4.34 Å². The van der Waals surface area contributed by atoms with Crippen LogP contribution in [0, 0.1) is 0 Å². The Balaban J connectivity index is 1.71. The van der Waals surface area contributed by atoms with Crippen molar-refractivity contribution in [2.24, 2.45) is 4.99 Å². The number of nitrogens with one attached hydrogen (secondary N) is 2. The van der Waals surface area contributed by atoms with Crippen molar-refractivity contribution in [3.05, 3.63) is 43.7 Å². The molecule has 0 radical (unpaired) electrons. The number of hydrogen-bond acceptors (Lipinski definition) is 3. The van der Waals surface area contributed by atoms with Crippen LogP contribution in [0.5, 0.6) is 0 Å². The molecule has 3 nitrogen and oxygen atoms in total. The third kappa shape index (κ3) is 4.86. The van der Waals surface area contributed by atoms with E-state index in [0.29, 0.717) is 0 Å². The van der Waals surface area contributed by atoms with Gasteiger partial charge in [0.25, 0.3) is 0 Å². The minimum Gasteiger partial charge on any atom is -0.356 e. The smallest absolute Gasteiger partial charge is 0.191 e. The van der Waals surface area contributed by atoms with E-state index in [-0.39, 0.29) is 0 Å². The molecule has 19 heavy (non-hydrogen) atoms. The lowest BCUT2D eigenvalue weighted by Crippen LogP contribution is -2.37. The highest BCUT2D eigenvalue weighted by molar-refractivity contribution is 7.16. The van der Waals surface area contributed by atoms with Gasteiger partial charge in [-0.25, -0.2) is 0 Å². The van der Waals surface area contributed by atoms with Crippen molar-refractivity contribution in [1.82, 2.24) is 10.6 Å². The molecule has 0 fully saturated rings. The summed E-state index contributed by atoms with van der Waals surface area (Å²) in [6.07, 6.45) is 0.955. The molecule has 0 aliphatic carbocycles. The van der Waals surface area contributed by atoms with Gasteiger partial charge in [-0.05, 0) is 30.0 Å². The van der Waals surface area contributed by atoms with Gasteiger partial charge < -0.3 is 10.6 Å². The van der Waals surface area contributed by atoms with E-state index in [1.54, 1.807) is 29.7 Å². The van der Waals surface area contributed by atoms with Crippen molar-refractivity contribution in [3.63, 3.8) is 0 Å². The number of nitrogens with zero attached hydrogens (tertiary/aromatic N) is 1. The second-order valence-electron chi connectivity index (χ2n) is 3.89. The molecule has 0 saturated carbocycles. The van der Waals surface area contributed by atoms with E-state index in [9.17, 15) is 0 Å². The Morgan fingerprint density at radius 1 is 1.26 bits per heavy atom. The molecule has 2 rings (SSSR count). The number of thiophene rings is 2. The molecule has 2 heterocycles. The van der Waals surface area contributed by atoms with Crippen molar-refractivity contribution in [1.29, 1.82) is 0 Å². The zero-order chi connectivity index (χ0) is 13.5. The standard InChI is InChI=1S/C13H16ClN3S2/c1-15-13(17-9-11-3-2-8-18-11)16-7-6-10-4-5-12(14)19-10/h2-5,8H,6-7,9H2,1H3,(H2,15,16,17). The Kier molecular flexibility index (Phi) is 5.69. The molecule has 0 bridgehead atoms. The summed E-state index contributed by atoms with van der Waals surface area (Å²) < 4.78 is 0.843. The molecule has 0 aliphatic heterocycles. The molecule has 0 atom stereocenters. The Bertz CT molecular complexity index is 520. The topological polar surface area (TPSA) is 36.4 Å². The molecule has 0 amide bonds. The molecular weight excluding hydrogens is 298 g/mol. The van der Waals surface area contributed by atoms with Gasteiger partial charge in [-0.2, -0.15) is 0 Å². The number of guanidine groups is 1. The normalized spacial score (nSPS) is 11.6. The van der Waals surface area contributed by atoms with Gasteiger partial charge in [0, 0.05) is 23.3 Å². The van der Waals surface area contributed by atoms with Crippen LogP contribution < -0.4 is 10.6 Å². The first-order valence-electron chi connectivity index (χ1n) is 5.99. The fourth-order valence-corrected chi connectivity index (χ4v) is 3.33. The maximum Gasteiger partial charge on any atom is 0.191 e. The maximum absolute atomic E-state index is 5.90. The molecule has 0 saturated heterocycles. The SMILES string of the molecule is CN=C(NCCc1ccc(Cl)s1)NCc1cccs1. The lowest BCUT2D eigenvalue weighted by molar-refractivity contribution is 0.804.